The van der Waals surface area contributed by atoms with Crippen LogP contribution in [0.2, 0.25) is 0 Å². The molecule has 5 heteroatoms. The van der Waals surface area contributed by atoms with E-state index in [1.54, 1.807) is 11.8 Å². The number of nitrogens with zero attached hydrogens (tertiary/aromatic N) is 2. The van der Waals surface area contributed by atoms with Crippen LogP contribution >= 0.6 is 0 Å². The molecular weight excluding hydrogens is 292 g/mol. The predicted molar refractivity (Wildman–Crippen MR) is 87.5 cm³/mol. The number of likely N-dealkylation sites (tertiary alicyclic amines) is 1. The van der Waals surface area contributed by atoms with E-state index in [1.165, 1.54) is 0 Å². The Balaban J connectivity index is 1.94. The zero-order valence-corrected chi connectivity index (χ0v) is 13.6. The monoisotopic (exact) mass is 312 g/mol. The number of benzene rings is 1. The van der Waals surface area contributed by atoms with E-state index in [9.17, 15) is 14.7 Å². The first kappa shape index (κ1) is 15.5. The molecule has 5 nitrogen and oxygen atoms in total. The van der Waals surface area contributed by atoms with Crippen LogP contribution in [0.4, 0.5) is 0 Å². The Morgan fingerprint density at radius 1 is 1.26 bits per heavy atom. The molecule has 1 saturated heterocycles. The Labute approximate surface area is 134 Å². The van der Waals surface area contributed by atoms with E-state index >= 15 is 0 Å². The van der Waals surface area contributed by atoms with Gasteiger partial charge in [0.1, 0.15) is 0 Å². The summed E-state index contributed by atoms with van der Waals surface area (Å²) in [6.45, 7) is 6.23. The van der Waals surface area contributed by atoms with Crippen LogP contribution < -0.4 is 0 Å². The van der Waals surface area contributed by atoms with Crippen LogP contribution in [0.3, 0.4) is 0 Å². The number of aliphatic carboxylic acids is 1. The summed E-state index contributed by atoms with van der Waals surface area (Å²) in [6.07, 6.45) is 0.479. The van der Waals surface area contributed by atoms with E-state index in [0.717, 1.165) is 16.5 Å². The van der Waals surface area contributed by atoms with Gasteiger partial charge in [-0.2, -0.15) is 0 Å². The Bertz CT molecular complexity index is 815. The number of aromatic nitrogens is 1. The summed E-state index contributed by atoms with van der Waals surface area (Å²) in [7, 11) is 0. The molecule has 1 N–H and O–H groups in total. The summed E-state index contributed by atoms with van der Waals surface area (Å²) in [6, 6.07) is 7.80. The maximum absolute atomic E-state index is 12.8. The van der Waals surface area contributed by atoms with E-state index in [-0.39, 0.29) is 12.5 Å². The van der Waals surface area contributed by atoms with Gasteiger partial charge in [0.2, 0.25) is 0 Å². The first-order chi connectivity index (χ1) is 10.8. The van der Waals surface area contributed by atoms with Crippen molar-refractivity contribution in [3.05, 3.63) is 41.1 Å². The van der Waals surface area contributed by atoms with Gasteiger partial charge >= 0.3 is 5.97 Å². The second-order valence-electron chi connectivity index (χ2n) is 6.66. The number of aryl methyl sites for hydroxylation is 2. The highest BCUT2D eigenvalue weighted by atomic mass is 16.4. The highest BCUT2D eigenvalue weighted by molar-refractivity contribution is 5.99. The maximum Gasteiger partial charge on any atom is 0.311 e. The third kappa shape index (κ3) is 2.67. The molecule has 0 saturated carbocycles. The Morgan fingerprint density at radius 2 is 2.00 bits per heavy atom. The van der Waals surface area contributed by atoms with Crippen LogP contribution in [-0.4, -0.2) is 40.0 Å². The van der Waals surface area contributed by atoms with E-state index in [2.05, 4.69) is 4.98 Å². The van der Waals surface area contributed by atoms with Crippen molar-refractivity contribution < 1.29 is 14.7 Å². The molecule has 0 radical (unpaired) electrons. The molecule has 1 fully saturated rings. The number of carbonyl (C=O) groups excluding carboxylic acids is 1. The first-order valence-corrected chi connectivity index (χ1v) is 7.71. The van der Waals surface area contributed by atoms with E-state index in [4.69, 9.17) is 0 Å². The van der Waals surface area contributed by atoms with Crippen LogP contribution in [-0.2, 0) is 4.79 Å². The van der Waals surface area contributed by atoms with Gasteiger partial charge in [-0.05, 0) is 44.9 Å². The predicted octanol–water partition coefficient (Wildman–Crippen LogP) is 2.79. The van der Waals surface area contributed by atoms with E-state index < -0.39 is 11.4 Å². The summed E-state index contributed by atoms with van der Waals surface area (Å²) in [5, 5.41) is 10.2. The van der Waals surface area contributed by atoms with E-state index in [1.807, 2.05) is 38.1 Å². The minimum absolute atomic E-state index is 0.137. The SMILES string of the molecule is Cc1ccc2cc(C(=O)N3CC[C@](C)(C(=O)O)C3)c(C)nc2c1. The minimum atomic E-state index is -0.856. The van der Waals surface area contributed by atoms with Crippen LogP contribution in [0.1, 0.15) is 35.0 Å². The average Bonchev–Trinajstić information content (AvgIpc) is 2.90. The van der Waals surface area contributed by atoms with Gasteiger partial charge in [0.05, 0.1) is 22.2 Å². The lowest BCUT2D eigenvalue weighted by Crippen LogP contribution is -2.35. The lowest BCUT2D eigenvalue weighted by molar-refractivity contribution is -0.147. The number of carboxylic acids is 1. The van der Waals surface area contributed by atoms with Crippen molar-refractivity contribution in [1.29, 1.82) is 0 Å². The zero-order valence-electron chi connectivity index (χ0n) is 13.6. The molecule has 0 aliphatic carbocycles. The van der Waals surface area contributed by atoms with Crippen LogP contribution in [0.25, 0.3) is 10.9 Å². The minimum Gasteiger partial charge on any atom is -0.481 e. The third-order valence-corrected chi connectivity index (χ3v) is 4.67. The topological polar surface area (TPSA) is 70.5 Å². The fraction of sp³-hybridized carbons (Fsp3) is 0.389. The maximum atomic E-state index is 12.8. The zero-order chi connectivity index (χ0) is 16.8. The largest absolute Gasteiger partial charge is 0.481 e. The molecule has 1 aromatic heterocycles. The number of carbonyl (C=O) groups is 2. The van der Waals surface area contributed by atoms with Gasteiger partial charge in [0, 0.05) is 18.5 Å². The van der Waals surface area contributed by atoms with Crippen molar-refractivity contribution in [3.8, 4) is 0 Å². The summed E-state index contributed by atoms with van der Waals surface area (Å²) in [4.78, 5) is 30.3. The summed E-state index contributed by atoms with van der Waals surface area (Å²) in [5.74, 6) is -0.987. The quantitative estimate of drug-likeness (QED) is 0.925. The van der Waals surface area contributed by atoms with E-state index in [0.29, 0.717) is 24.2 Å². The molecule has 1 amide bonds. The molecule has 1 atom stereocenters. The molecule has 2 heterocycles. The number of fused-ring (bicyclic) bond motifs is 1. The molecule has 2 aromatic rings. The van der Waals surface area contributed by atoms with Crippen molar-refractivity contribution in [3.63, 3.8) is 0 Å². The summed E-state index contributed by atoms with van der Waals surface area (Å²) >= 11 is 0. The smallest absolute Gasteiger partial charge is 0.311 e. The first-order valence-electron chi connectivity index (χ1n) is 7.71. The Kier molecular flexibility index (Phi) is 3.59. The van der Waals surface area contributed by atoms with Gasteiger partial charge in [-0.15, -0.1) is 0 Å². The third-order valence-electron chi connectivity index (χ3n) is 4.67. The number of pyridine rings is 1. The molecule has 0 bridgehead atoms. The highest BCUT2D eigenvalue weighted by Crippen LogP contribution is 2.31. The average molecular weight is 312 g/mol. The molecule has 1 aliphatic rings. The van der Waals surface area contributed by atoms with Gasteiger partial charge in [-0.1, -0.05) is 12.1 Å². The van der Waals surface area contributed by atoms with Gasteiger partial charge < -0.3 is 10.0 Å². The van der Waals surface area contributed by atoms with Crippen molar-refractivity contribution in [2.24, 2.45) is 5.41 Å². The summed E-state index contributed by atoms with van der Waals surface area (Å²) < 4.78 is 0. The number of carboxylic acid groups (broad SMARTS) is 1. The molecule has 1 aliphatic heterocycles. The second-order valence-corrected chi connectivity index (χ2v) is 6.66. The summed E-state index contributed by atoms with van der Waals surface area (Å²) in [5.41, 5.74) is 2.37. The van der Waals surface area contributed by atoms with Gasteiger partial charge in [-0.3, -0.25) is 14.6 Å². The Hall–Kier alpha value is -2.43. The molecule has 0 spiro atoms. The fourth-order valence-electron chi connectivity index (χ4n) is 3.07. The van der Waals surface area contributed by atoms with Crippen LogP contribution in [0, 0.1) is 19.3 Å². The standard InChI is InChI=1S/C18H20N2O3/c1-11-4-5-13-9-14(12(2)19-15(13)8-11)16(21)20-7-6-18(3,10-20)17(22)23/h4-5,8-9H,6-7,10H2,1-3H3,(H,22,23)/t18-/m0/s1. The van der Waals surface area contributed by atoms with Crippen molar-refractivity contribution in [2.75, 3.05) is 13.1 Å². The molecular formula is C18H20N2O3. The number of hydrogen-bond acceptors (Lipinski definition) is 3. The molecule has 3 rings (SSSR count). The second kappa shape index (κ2) is 5.33. The van der Waals surface area contributed by atoms with Gasteiger partial charge in [0.25, 0.3) is 5.91 Å². The van der Waals surface area contributed by atoms with Gasteiger partial charge in [0.15, 0.2) is 0 Å². The van der Waals surface area contributed by atoms with Crippen LogP contribution in [0.5, 0.6) is 0 Å². The highest BCUT2D eigenvalue weighted by Gasteiger charge is 2.42. The van der Waals surface area contributed by atoms with Crippen LogP contribution in [0.15, 0.2) is 24.3 Å². The lowest BCUT2D eigenvalue weighted by Gasteiger charge is -2.21. The van der Waals surface area contributed by atoms with Gasteiger partial charge in [-0.25, -0.2) is 0 Å². The number of hydrogen-bond donors (Lipinski definition) is 1. The normalized spacial score (nSPS) is 20.9. The van der Waals surface area contributed by atoms with Crippen molar-refractivity contribution in [1.82, 2.24) is 9.88 Å². The molecule has 1 aromatic carbocycles. The molecule has 120 valence electrons. The van der Waals surface area contributed by atoms with Crippen molar-refractivity contribution in [2.45, 2.75) is 27.2 Å². The lowest BCUT2D eigenvalue weighted by atomic mass is 9.90. The molecule has 23 heavy (non-hydrogen) atoms. The molecule has 0 unspecified atom stereocenters. The number of rotatable bonds is 2. The fourth-order valence-corrected chi connectivity index (χ4v) is 3.07. The van der Waals surface area contributed by atoms with Crippen molar-refractivity contribution >= 4 is 22.8 Å². The number of amides is 1. The Morgan fingerprint density at radius 3 is 2.65 bits per heavy atom.